The molecule has 4 nitrogen and oxygen atoms in total. The largest absolute Gasteiger partial charge is 0.343 e. The zero-order chi connectivity index (χ0) is 11.5. The standard InChI is InChI=1S/C11H14ClN3O/c1-8(16)15-3-2-9(7-15)4-10-5-13-6-11(12)14-10/h5-6,9H,2-4,7H2,1H3. The van der Waals surface area contributed by atoms with Gasteiger partial charge in [-0.15, -0.1) is 0 Å². The summed E-state index contributed by atoms with van der Waals surface area (Å²) < 4.78 is 0. The van der Waals surface area contributed by atoms with Crippen LogP contribution in [0.3, 0.4) is 0 Å². The average Bonchev–Trinajstić information content (AvgIpc) is 2.66. The van der Waals surface area contributed by atoms with Crippen LogP contribution < -0.4 is 0 Å². The van der Waals surface area contributed by atoms with Crippen molar-refractivity contribution in [2.24, 2.45) is 5.92 Å². The van der Waals surface area contributed by atoms with Crippen molar-refractivity contribution in [3.05, 3.63) is 23.2 Å². The number of nitrogens with zero attached hydrogens (tertiary/aromatic N) is 3. The van der Waals surface area contributed by atoms with E-state index in [4.69, 9.17) is 11.6 Å². The van der Waals surface area contributed by atoms with Gasteiger partial charge in [0.15, 0.2) is 0 Å². The number of hydrogen-bond donors (Lipinski definition) is 0. The van der Waals surface area contributed by atoms with Gasteiger partial charge in [-0.05, 0) is 18.8 Å². The number of aromatic nitrogens is 2. The molecule has 0 saturated carbocycles. The quantitative estimate of drug-likeness (QED) is 0.787. The van der Waals surface area contributed by atoms with Crippen LogP contribution in [0.4, 0.5) is 0 Å². The highest BCUT2D eigenvalue weighted by Crippen LogP contribution is 2.20. The van der Waals surface area contributed by atoms with Gasteiger partial charge in [-0.3, -0.25) is 9.78 Å². The summed E-state index contributed by atoms with van der Waals surface area (Å²) in [6, 6.07) is 0. The lowest BCUT2D eigenvalue weighted by atomic mass is 10.0. The molecule has 1 amide bonds. The van der Waals surface area contributed by atoms with Crippen molar-refractivity contribution in [2.45, 2.75) is 19.8 Å². The van der Waals surface area contributed by atoms with E-state index in [0.29, 0.717) is 11.1 Å². The van der Waals surface area contributed by atoms with Gasteiger partial charge < -0.3 is 4.90 Å². The Morgan fingerprint density at radius 1 is 1.62 bits per heavy atom. The summed E-state index contributed by atoms with van der Waals surface area (Å²) >= 11 is 5.77. The summed E-state index contributed by atoms with van der Waals surface area (Å²) in [5, 5.41) is 0.430. The van der Waals surface area contributed by atoms with Gasteiger partial charge in [0.25, 0.3) is 0 Å². The molecule has 0 aromatic carbocycles. The third kappa shape index (κ3) is 2.70. The van der Waals surface area contributed by atoms with Crippen LogP contribution in [0.25, 0.3) is 0 Å². The second-order valence-electron chi connectivity index (χ2n) is 4.16. The van der Waals surface area contributed by atoms with Gasteiger partial charge in [0, 0.05) is 26.2 Å². The fourth-order valence-corrected chi connectivity index (χ4v) is 2.22. The van der Waals surface area contributed by atoms with Crippen molar-refractivity contribution in [3.8, 4) is 0 Å². The van der Waals surface area contributed by atoms with E-state index in [2.05, 4.69) is 9.97 Å². The minimum absolute atomic E-state index is 0.152. The molecule has 0 bridgehead atoms. The molecule has 0 spiro atoms. The second kappa shape index (κ2) is 4.78. The van der Waals surface area contributed by atoms with Gasteiger partial charge >= 0.3 is 0 Å². The van der Waals surface area contributed by atoms with Gasteiger partial charge in [-0.25, -0.2) is 4.98 Å². The Hall–Kier alpha value is -1.16. The molecule has 1 aliphatic rings. The number of rotatable bonds is 2. The molecule has 5 heteroatoms. The first kappa shape index (κ1) is 11.3. The Kier molecular flexibility index (Phi) is 3.39. The first-order chi connectivity index (χ1) is 7.65. The van der Waals surface area contributed by atoms with Gasteiger partial charge in [0.05, 0.1) is 11.9 Å². The summed E-state index contributed by atoms with van der Waals surface area (Å²) in [5.74, 6) is 0.636. The third-order valence-corrected chi connectivity index (χ3v) is 3.07. The molecular formula is C11H14ClN3O. The van der Waals surface area contributed by atoms with Crippen molar-refractivity contribution in [1.29, 1.82) is 0 Å². The van der Waals surface area contributed by atoms with Crippen LogP contribution in [0, 0.1) is 5.92 Å². The zero-order valence-electron chi connectivity index (χ0n) is 9.19. The van der Waals surface area contributed by atoms with E-state index in [1.165, 1.54) is 6.20 Å². The number of likely N-dealkylation sites (tertiary alicyclic amines) is 1. The minimum Gasteiger partial charge on any atom is -0.343 e. The Morgan fingerprint density at radius 3 is 3.06 bits per heavy atom. The summed E-state index contributed by atoms with van der Waals surface area (Å²) in [7, 11) is 0. The van der Waals surface area contributed by atoms with Crippen LogP contribution in [-0.4, -0.2) is 33.9 Å². The normalized spacial score (nSPS) is 20.1. The SMILES string of the molecule is CC(=O)N1CCC(Cc2cncc(Cl)n2)C1. The van der Waals surface area contributed by atoms with Gasteiger partial charge in [-0.2, -0.15) is 0 Å². The topological polar surface area (TPSA) is 46.1 Å². The van der Waals surface area contributed by atoms with E-state index < -0.39 is 0 Å². The van der Waals surface area contributed by atoms with Gasteiger partial charge in [-0.1, -0.05) is 11.6 Å². The molecule has 1 saturated heterocycles. The number of carbonyl (C=O) groups excluding carboxylic acids is 1. The molecule has 2 heterocycles. The predicted molar refractivity (Wildman–Crippen MR) is 61.1 cm³/mol. The highest BCUT2D eigenvalue weighted by atomic mass is 35.5. The van der Waals surface area contributed by atoms with Crippen LogP contribution in [0.1, 0.15) is 19.0 Å². The highest BCUT2D eigenvalue weighted by molar-refractivity contribution is 6.29. The molecule has 1 unspecified atom stereocenters. The van der Waals surface area contributed by atoms with Crippen molar-refractivity contribution in [3.63, 3.8) is 0 Å². The molecule has 16 heavy (non-hydrogen) atoms. The average molecular weight is 240 g/mol. The summed E-state index contributed by atoms with van der Waals surface area (Å²) in [6.45, 7) is 3.29. The first-order valence-electron chi connectivity index (χ1n) is 5.37. The number of halogens is 1. The lowest BCUT2D eigenvalue weighted by molar-refractivity contribution is -0.127. The molecule has 86 valence electrons. The first-order valence-corrected chi connectivity index (χ1v) is 5.75. The van der Waals surface area contributed by atoms with Crippen LogP contribution >= 0.6 is 11.6 Å². The number of hydrogen-bond acceptors (Lipinski definition) is 3. The molecular weight excluding hydrogens is 226 g/mol. The Morgan fingerprint density at radius 2 is 2.44 bits per heavy atom. The molecule has 1 fully saturated rings. The maximum absolute atomic E-state index is 11.2. The van der Waals surface area contributed by atoms with Crippen LogP contribution in [0.5, 0.6) is 0 Å². The van der Waals surface area contributed by atoms with E-state index in [9.17, 15) is 4.79 Å². The Bertz CT molecular complexity index is 397. The lowest BCUT2D eigenvalue weighted by Gasteiger charge is -2.13. The minimum atomic E-state index is 0.152. The maximum Gasteiger partial charge on any atom is 0.219 e. The van der Waals surface area contributed by atoms with Gasteiger partial charge in [0.1, 0.15) is 5.15 Å². The summed E-state index contributed by atoms with van der Waals surface area (Å²) in [6.07, 6.45) is 5.15. The summed E-state index contributed by atoms with van der Waals surface area (Å²) in [4.78, 5) is 21.3. The van der Waals surface area contributed by atoms with Crippen molar-refractivity contribution in [2.75, 3.05) is 13.1 Å². The monoisotopic (exact) mass is 239 g/mol. The van der Waals surface area contributed by atoms with Crippen molar-refractivity contribution >= 4 is 17.5 Å². The lowest BCUT2D eigenvalue weighted by Crippen LogP contribution is -2.26. The fourth-order valence-electron chi connectivity index (χ4n) is 2.06. The Balaban J connectivity index is 1.94. The van der Waals surface area contributed by atoms with Crippen LogP contribution in [-0.2, 0) is 11.2 Å². The van der Waals surface area contributed by atoms with E-state index in [-0.39, 0.29) is 5.91 Å². The highest BCUT2D eigenvalue weighted by Gasteiger charge is 2.24. The second-order valence-corrected chi connectivity index (χ2v) is 4.54. The van der Waals surface area contributed by atoms with Gasteiger partial charge in [0.2, 0.25) is 5.91 Å². The molecule has 1 aromatic heterocycles. The van der Waals surface area contributed by atoms with Crippen molar-refractivity contribution < 1.29 is 4.79 Å². The van der Waals surface area contributed by atoms with Crippen molar-refractivity contribution in [1.82, 2.24) is 14.9 Å². The fraction of sp³-hybridized carbons (Fsp3) is 0.545. The molecule has 0 aliphatic carbocycles. The maximum atomic E-state index is 11.2. The Labute approximate surface area is 99.6 Å². The van der Waals surface area contributed by atoms with E-state index in [1.54, 1.807) is 13.1 Å². The van der Waals surface area contributed by atoms with Crippen LogP contribution in [0.2, 0.25) is 5.15 Å². The number of amides is 1. The predicted octanol–water partition coefficient (Wildman–Crippen LogP) is 1.54. The van der Waals surface area contributed by atoms with E-state index in [1.807, 2.05) is 4.90 Å². The molecule has 0 N–H and O–H groups in total. The van der Waals surface area contributed by atoms with Crippen LogP contribution in [0.15, 0.2) is 12.4 Å². The van der Waals surface area contributed by atoms with E-state index in [0.717, 1.165) is 31.6 Å². The smallest absolute Gasteiger partial charge is 0.219 e. The molecule has 0 radical (unpaired) electrons. The number of carbonyl (C=O) groups is 1. The summed E-state index contributed by atoms with van der Waals surface area (Å²) in [5.41, 5.74) is 0.905. The molecule has 1 aliphatic heterocycles. The molecule has 1 atom stereocenters. The third-order valence-electron chi connectivity index (χ3n) is 2.88. The van der Waals surface area contributed by atoms with E-state index >= 15 is 0 Å². The molecule has 2 rings (SSSR count). The molecule has 1 aromatic rings. The zero-order valence-corrected chi connectivity index (χ0v) is 9.94.